The van der Waals surface area contributed by atoms with E-state index in [2.05, 4.69) is 25.6 Å². The van der Waals surface area contributed by atoms with Crippen molar-refractivity contribution in [1.29, 1.82) is 0 Å². The number of nitrogens with one attached hydrogen (secondary N) is 3. The molecule has 0 amide bonds. The molecular formula is C14H15N5O2. The highest BCUT2D eigenvalue weighted by Gasteiger charge is 2.17. The predicted octanol–water partition coefficient (Wildman–Crippen LogP) is 1.19. The fraction of sp³-hybridized carbons (Fsp3) is 0.214. The molecule has 7 nitrogen and oxygen atoms in total. The first kappa shape index (κ1) is 13.2. The summed E-state index contributed by atoms with van der Waals surface area (Å²) in [6, 6.07) is 0. The van der Waals surface area contributed by atoms with E-state index in [1.54, 1.807) is 6.08 Å². The highest BCUT2D eigenvalue weighted by atomic mass is 16.4. The fourth-order valence-electron chi connectivity index (χ4n) is 2.17. The third kappa shape index (κ3) is 2.58. The second-order valence-corrected chi connectivity index (χ2v) is 4.68. The lowest BCUT2D eigenvalue weighted by Gasteiger charge is -2.14. The van der Waals surface area contributed by atoms with Gasteiger partial charge < -0.3 is 20.7 Å². The van der Waals surface area contributed by atoms with Crippen molar-refractivity contribution in [3.8, 4) is 0 Å². The Morgan fingerprint density at radius 1 is 1.38 bits per heavy atom. The molecule has 0 spiro atoms. The number of amidine groups is 1. The lowest BCUT2D eigenvalue weighted by atomic mass is 10.1. The van der Waals surface area contributed by atoms with Gasteiger partial charge in [0.05, 0.1) is 0 Å². The van der Waals surface area contributed by atoms with Crippen LogP contribution in [0.4, 0.5) is 5.82 Å². The number of H-pyrrole nitrogens is 1. The molecule has 0 bridgehead atoms. The number of aliphatic imine (C=N–C) groups is 2. The van der Waals surface area contributed by atoms with Crippen LogP contribution in [0.3, 0.4) is 0 Å². The minimum absolute atomic E-state index is 0.0175. The van der Waals surface area contributed by atoms with Crippen molar-refractivity contribution in [2.45, 2.75) is 6.92 Å². The van der Waals surface area contributed by atoms with Gasteiger partial charge in [-0.3, -0.25) is 0 Å². The Morgan fingerprint density at radius 3 is 3.05 bits per heavy atom. The van der Waals surface area contributed by atoms with Crippen LogP contribution in [0.1, 0.15) is 18.1 Å². The van der Waals surface area contributed by atoms with Crippen LogP contribution in [0.5, 0.6) is 0 Å². The van der Waals surface area contributed by atoms with Crippen LogP contribution in [0, 0.1) is 0 Å². The number of fused-ring (bicyclic) bond motifs is 1. The second-order valence-electron chi connectivity index (χ2n) is 4.68. The fourth-order valence-corrected chi connectivity index (χ4v) is 2.17. The standard InChI is InChI=1S/C14H15N5O2/c1-8(14(20)21)18-11-4-6-16-13(19-11)10-7-17-12-9(10)3-2-5-15-12/h2-4,7,15,17H,5-6H2,1H3,(H,16,19)(H,20,21)/b18-8+. The van der Waals surface area contributed by atoms with Crippen LogP contribution >= 0.6 is 0 Å². The number of hydrogen-bond acceptors (Lipinski definition) is 5. The van der Waals surface area contributed by atoms with Gasteiger partial charge in [0.1, 0.15) is 17.4 Å². The molecule has 7 heteroatoms. The van der Waals surface area contributed by atoms with E-state index in [0.29, 0.717) is 18.2 Å². The Kier molecular flexibility index (Phi) is 3.31. The summed E-state index contributed by atoms with van der Waals surface area (Å²) >= 11 is 0. The molecule has 0 aromatic carbocycles. The summed E-state index contributed by atoms with van der Waals surface area (Å²) in [6.07, 6.45) is 7.69. The van der Waals surface area contributed by atoms with E-state index >= 15 is 0 Å². The van der Waals surface area contributed by atoms with Crippen molar-refractivity contribution in [3.05, 3.63) is 35.3 Å². The minimum atomic E-state index is -1.04. The third-order valence-electron chi connectivity index (χ3n) is 3.23. The second kappa shape index (κ2) is 5.28. The van der Waals surface area contributed by atoms with Crippen molar-refractivity contribution in [3.63, 3.8) is 0 Å². The Balaban J connectivity index is 1.94. The maximum atomic E-state index is 10.8. The van der Waals surface area contributed by atoms with E-state index in [-0.39, 0.29) is 5.71 Å². The SMILES string of the molecule is C/C(=N\C1=CCNC(c2c[nH]c3c2C=CCN3)=N1)C(=O)O. The molecule has 0 saturated carbocycles. The van der Waals surface area contributed by atoms with Crippen LogP contribution < -0.4 is 10.6 Å². The van der Waals surface area contributed by atoms with Crippen LogP contribution in [0.25, 0.3) is 6.08 Å². The van der Waals surface area contributed by atoms with Gasteiger partial charge in [0.2, 0.25) is 0 Å². The van der Waals surface area contributed by atoms with Crippen molar-refractivity contribution in [1.82, 2.24) is 10.3 Å². The lowest BCUT2D eigenvalue weighted by molar-refractivity contribution is -0.129. The summed E-state index contributed by atoms with van der Waals surface area (Å²) < 4.78 is 0. The molecule has 4 N–H and O–H groups in total. The molecule has 3 rings (SSSR count). The number of anilines is 1. The van der Waals surface area contributed by atoms with Gasteiger partial charge in [0, 0.05) is 30.4 Å². The number of nitrogens with zero attached hydrogens (tertiary/aromatic N) is 2. The van der Waals surface area contributed by atoms with Crippen LogP contribution in [-0.4, -0.2) is 40.7 Å². The number of carbonyl (C=O) groups is 1. The number of aliphatic carboxylic acids is 1. The average molecular weight is 285 g/mol. The minimum Gasteiger partial charge on any atom is -0.477 e. The third-order valence-corrected chi connectivity index (χ3v) is 3.23. The van der Waals surface area contributed by atoms with E-state index in [1.165, 1.54) is 6.92 Å². The van der Waals surface area contributed by atoms with Gasteiger partial charge in [-0.1, -0.05) is 12.2 Å². The maximum absolute atomic E-state index is 10.8. The molecular weight excluding hydrogens is 270 g/mol. The number of aromatic nitrogens is 1. The number of rotatable bonds is 3. The molecule has 0 atom stereocenters. The smallest absolute Gasteiger partial charge is 0.350 e. The number of hydrogen-bond donors (Lipinski definition) is 4. The monoisotopic (exact) mass is 285 g/mol. The quantitative estimate of drug-likeness (QED) is 0.626. The first-order chi connectivity index (χ1) is 10.1. The Morgan fingerprint density at radius 2 is 2.24 bits per heavy atom. The molecule has 0 fully saturated rings. The van der Waals surface area contributed by atoms with E-state index < -0.39 is 5.97 Å². The summed E-state index contributed by atoms with van der Waals surface area (Å²) in [7, 11) is 0. The van der Waals surface area contributed by atoms with E-state index in [4.69, 9.17) is 5.11 Å². The molecule has 108 valence electrons. The molecule has 0 saturated heterocycles. The van der Waals surface area contributed by atoms with Crippen molar-refractivity contribution < 1.29 is 9.90 Å². The molecule has 0 unspecified atom stereocenters. The van der Waals surface area contributed by atoms with E-state index in [9.17, 15) is 4.79 Å². The zero-order valence-electron chi connectivity index (χ0n) is 11.5. The van der Waals surface area contributed by atoms with Crippen LogP contribution in [0.15, 0.2) is 34.2 Å². The zero-order valence-corrected chi connectivity index (χ0v) is 11.5. The summed E-state index contributed by atoms with van der Waals surface area (Å²) in [6.45, 7) is 2.80. The van der Waals surface area contributed by atoms with Crippen LogP contribution in [-0.2, 0) is 4.79 Å². The Bertz CT molecular complexity index is 709. The van der Waals surface area contributed by atoms with E-state index in [1.807, 2.05) is 18.3 Å². The van der Waals surface area contributed by atoms with Crippen molar-refractivity contribution >= 4 is 29.4 Å². The first-order valence-electron chi connectivity index (χ1n) is 6.58. The van der Waals surface area contributed by atoms with Gasteiger partial charge in [-0.05, 0) is 13.0 Å². The van der Waals surface area contributed by atoms with Gasteiger partial charge >= 0.3 is 5.97 Å². The summed E-state index contributed by atoms with van der Waals surface area (Å²) in [5.41, 5.74) is 1.99. The zero-order chi connectivity index (χ0) is 14.8. The first-order valence-corrected chi connectivity index (χ1v) is 6.58. The maximum Gasteiger partial charge on any atom is 0.350 e. The van der Waals surface area contributed by atoms with Crippen molar-refractivity contribution in [2.24, 2.45) is 9.98 Å². The number of carboxylic acid groups (broad SMARTS) is 1. The summed E-state index contributed by atoms with van der Waals surface area (Å²) in [5, 5.41) is 15.3. The molecule has 21 heavy (non-hydrogen) atoms. The Hall–Kier alpha value is -2.83. The van der Waals surface area contributed by atoms with Gasteiger partial charge in [0.25, 0.3) is 0 Å². The Labute approximate surface area is 121 Å². The number of aromatic amines is 1. The predicted molar refractivity (Wildman–Crippen MR) is 81.7 cm³/mol. The molecule has 0 aliphatic carbocycles. The average Bonchev–Trinajstić information content (AvgIpc) is 2.91. The summed E-state index contributed by atoms with van der Waals surface area (Å²) in [5.74, 6) is 1.00. The highest BCUT2D eigenvalue weighted by Crippen LogP contribution is 2.24. The van der Waals surface area contributed by atoms with Gasteiger partial charge in [0.15, 0.2) is 5.82 Å². The molecule has 2 aliphatic heterocycles. The normalized spacial score (nSPS) is 17.3. The largest absolute Gasteiger partial charge is 0.477 e. The van der Waals surface area contributed by atoms with Gasteiger partial charge in [-0.25, -0.2) is 14.8 Å². The molecule has 3 heterocycles. The molecule has 1 aromatic rings. The van der Waals surface area contributed by atoms with Crippen molar-refractivity contribution in [2.75, 3.05) is 18.4 Å². The highest BCUT2D eigenvalue weighted by molar-refractivity contribution is 6.34. The van der Waals surface area contributed by atoms with Crippen LogP contribution in [0.2, 0.25) is 0 Å². The molecule has 2 aliphatic rings. The van der Waals surface area contributed by atoms with Gasteiger partial charge in [-0.2, -0.15) is 0 Å². The molecule has 0 radical (unpaired) electrons. The number of carboxylic acids is 1. The summed E-state index contributed by atoms with van der Waals surface area (Å²) in [4.78, 5) is 22.4. The van der Waals surface area contributed by atoms with Gasteiger partial charge in [-0.15, -0.1) is 0 Å². The lowest BCUT2D eigenvalue weighted by Crippen LogP contribution is -2.28. The van der Waals surface area contributed by atoms with E-state index in [0.717, 1.165) is 23.5 Å². The topological polar surface area (TPSA) is 102 Å². The molecule has 1 aromatic heterocycles.